The Hall–Kier alpha value is -1.56. The highest BCUT2D eigenvalue weighted by Gasteiger charge is 2.40. The molecular weight excluding hydrogens is 227 g/mol. The fraction of sp³-hybridized carbons (Fsp3) is 0.533. The van der Waals surface area contributed by atoms with Crippen molar-refractivity contribution in [1.29, 1.82) is 5.26 Å². The molecule has 0 aliphatic heterocycles. The molecule has 1 aromatic rings. The number of halogens is 1. The minimum absolute atomic E-state index is 0.182. The number of nitrogens with one attached hydrogen (secondary N) is 1. The first-order valence-corrected chi connectivity index (χ1v) is 6.40. The molecule has 0 spiro atoms. The van der Waals surface area contributed by atoms with Crippen molar-refractivity contribution < 1.29 is 4.39 Å². The summed E-state index contributed by atoms with van der Waals surface area (Å²) in [5, 5.41) is 12.8. The number of nitrogens with zero attached hydrogens (tertiary/aromatic N) is 1. The average molecular weight is 246 g/mol. The van der Waals surface area contributed by atoms with Gasteiger partial charge in [-0.25, -0.2) is 4.39 Å². The second-order valence-electron chi connectivity index (χ2n) is 6.02. The Morgan fingerprint density at radius 1 is 1.22 bits per heavy atom. The second kappa shape index (κ2) is 4.61. The van der Waals surface area contributed by atoms with Crippen LogP contribution in [0.3, 0.4) is 0 Å². The molecule has 0 saturated heterocycles. The molecule has 1 fully saturated rings. The predicted molar refractivity (Wildman–Crippen MR) is 70.6 cm³/mol. The zero-order valence-corrected chi connectivity index (χ0v) is 11.0. The molecule has 1 aliphatic carbocycles. The number of rotatable bonds is 2. The molecule has 96 valence electrons. The van der Waals surface area contributed by atoms with Gasteiger partial charge in [-0.15, -0.1) is 0 Å². The molecule has 1 N–H and O–H groups in total. The molecule has 1 aliphatic rings. The molecule has 0 aromatic heterocycles. The predicted octanol–water partition coefficient (Wildman–Crippen LogP) is 4.10. The van der Waals surface area contributed by atoms with Crippen LogP contribution in [0.15, 0.2) is 24.3 Å². The maximum Gasteiger partial charge on any atom is 0.125 e. The molecule has 1 unspecified atom stereocenters. The smallest absolute Gasteiger partial charge is 0.125 e. The van der Waals surface area contributed by atoms with Crippen molar-refractivity contribution in [2.24, 2.45) is 5.41 Å². The SMILES string of the molecule is CC1(C)CCCC(C#N)(Nc2ccc(F)cc2)C1. The number of hydrogen-bond donors (Lipinski definition) is 1. The first kappa shape index (κ1) is 12.9. The second-order valence-corrected chi connectivity index (χ2v) is 6.02. The van der Waals surface area contributed by atoms with Crippen LogP contribution >= 0.6 is 0 Å². The summed E-state index contributed by atoms with van der Waals surface area (Å²) >= 11 is 0. The molecule has 0 amide bonds. The first-order chi connectivity index (χ1) is 8.45. The van der Waals surface area contributed by atoms with Crippen molar-refractivity contribution in [3.05, 3.63) is 30.1 Å². The van der Waals surface area contributed by atoms with Crippen molar-refractivity contribution in [2.45, 2.75) is 45.1 Å². The van der Waals surface area contributed by atoms with Crippen LogP contribution in [-0.4, -0.2) is 5.54 Å². The summed E-state index contributed by atoms with van der Waals surface area (Å²) in [7, 11) is 0. The first-order valence-electron chi connectivity index (χ1n) is 6.40. The van der Waals surface area contributed by atoms with E-state index in [1.54, 1.807) is 12.1 Å². The Balaban J connectivity index is 2.18. The minimum Gasteiger partial charge on any atom is -0.367 e. The monoisotopic (exact) mass is 246 g/mol. The third-order valence-electron chi connectivity index (χ3n) is 3.68. The summed E-state index contributed by atoms with van der Waals surface area (Å²) in [6.45, 7) is 4.40. The zero-order chi connectivity index (χ0) is 13.2. The highest BCUT2D eigenvalue weighted by Crippen LogP contribution is 2.42. The third kappa shape index (κ3) is 2.81. The summed E-state index contributed by atoms with van der Waals surface area (Å²) in [5.74, 6) is -0.254. The third-order valence-corrected chi connectivity index (χ3v) is 3.68. The Kier molecular flexibility index (Phi) is 3.30. The maximum absolute atomic E-state index is 12.9. The van der Waals surface area contributed by atoms with Gasteiger partial charge in [0.1, 0.15) is 11.4 Å². The van der Waals surface area contributed by atoms with Crippen molar-refractivity contribution in [2.75, 3.05) is 5.32 Å². The van der Waals surface area contributed by atoms with Gasteiger partial charge in [-0.3, -0.25) is 0 Å². The highest BCUT2D eigenvalue weighted by atomic mass is 19.1. The van der Waals surface area contributed by atoms with Gasteiger partial charge >= 0.3 is 0 Å². The van der Waals surface area contributed by atoms with Gasteiger partial charge in [0.05, 0.1) is 6.07 Å². The fourth-order valence-electron chi connectivity index (χ4n) is 2.90. The van der Waals surface area contributed by atoms with E-state index in [-0.39, 0.29) is 11.2 Å². The standard InChI is InChI=1S/C15H19FN2/c1-14(2)8-3-9-15(10-14,11-17)18-13-6-4-12(16)5-7-13/h4-7,18H,3,8-10H2,1-2H3. The van der Waals surface area contributed by atoms with Crippen molar-refractivity contribution in [1.82, 2.24) is 0 Å². The van der Waals surface area contributed by atoms with Gasteiger partial charge in [0.15, 0.2) is 0 Å². The van der Waals surface area contributed by atoms with Crippen LogP contribution in [0.4, 0.5) is 10.1 Å². The fourth-order valence-corrected chi connectivity index (χ4v) is 2.90. The zero-order valence-electron chi connectivity index (χ0n) is 11.0. The lowest BCUT2D eigenvalue weighted by molar-refractivity contribution is 0.197. The van der Waals surface area contributed by atoms with Gasteiger partial charge in [-0.1, -0.05) is 13.8 Å². The Bertz CT molecular complexity index is 458. The van der Waals surface area contributed by atoms with Gasteiger partial charge in [0, 0.05) is 5.69 Å². The van der Waals surface area contributed by atoms with E-state index in [2.05, 4.69) is 25.2 Å². The van der Waals surface area contributed by atoms with Crippen LogP contribution in [0.25, 0.3) is 0 Å². The molecule has 0 radical (unpaired) electrons. The van der Waals surface area contributed by atoms with E-state index in [0.29, 0.717) is 0 Å². The summed E-state index contributed by atoms with van der Waals surface area (Å²) in [6.07, 6.45) is 3.88. The molecule has 0 bridgehead atoms. The lowest BCUT2D eigenvalue weighted by Gasteiger charge is -2.41. The Labute approximate surface area is 108 Å². The van der Waals surface area contributed by atoms with Gasteiger partial charge in [-0.05, 0) is 55.4 Å². The molecular formula is C15H19FN2. The van der Waals surface area contributed by atoms with E-state index < -0.39 is 5.54 Å². The van der Waals surface area contributed by atoms with E-state index in [4.69, 9.17) is 0 Å². The van der Waals surface area contributed by atoms with E-state index in [1.165, 1.54) is 12.1 Å². The van der Waals surface area contributed by atoms with Crippen LogP contribution < -0.4 is 5.32 Å². The maximum atomic E-state index is 12.9. The number of anilines is 1. The normalized spacial score (nSPS) is 26.3. The lowest BCUT2D eigenvalue weighted by atomic mass is 9.68. The van der Waals surface area contributed by atoms with E-state index in [1.807, 2.05) is 0 Å². The van der Waals surface area contributed by atoms with E-state index in [9.17, 15) is 9.65 Å². The average Bonchev–Trinajstić information content (AvgIpc) is 2.31. The Morgan fingerprint density at radius 3 is 2.44 bits per heavy atom. The molecule has 3 heteroatoms. The number of hydrogen-bond acceptors (Lipinski definition) is 2. The van der Waals surface area contributed by atoms with Crippen molar-refractivity contribution in [3.8, 4) is 6.07 Å². The van der Waals surface area contributed by atoms with Crippen LogP contribution in [0.2, 0.25) is 0 Å². The molecule has 1 atom stereocenters. The molecule has 1 aromatic carbocycles. The highest BCUT2D eigenvalue weighted by molar-refractivity contribution is 5.48. The topological polar surface area (TPSA) is 35.8 Å². The number of nitriles is 1. The quantitative estimate of drug-likeness (QED) is 0.852. The molecule has 2 nitrogen and oxygen atoms in total. The van der Waals surface area contributed by atoms with Crippen LogP contribution in [-0.2, 0) is 0 Å². The summed E-state index contributed by atoms with van der Waals surface area (Å²) in [4.78, 5) is 0. The van der Waals surface area contributed by atoms with Gasteiger partial charge in [0.2, 0.25) is 0 Å². The van der Waals surface area contributed by atoms with Crippen molar-refractivity contribution >= 4 is 5.69 Å². The summed E-state index contributed by atoms with van der Waals surface area (Å²) < 4.78 is 12.9. The molecule has 18 heavy (non-hydrogen) atoms. The largest absolute Gasteiger partial charge is 0.367 e. The summed E-state index contributed by atoms with van der Waals surface area (Å²) in [5.41, 5.74) is 0.483. The lowest BCUT2D eigenvalue weighted by Crippen LogP contribution is -2.44. The van der Waals surface area contributed by atoms with E-state index in [0.717, 1.165) is 31.4 Å². The van der Waals surface area contributed by atoms with Gasteiger partial charge in [0.25, 0.3) is 0 Å². The van der Waals surface area contributed by atoms with E-state index >= 15 is 0 Å². The van der Waals surface area contributed by atoms with Crippen LogP contribution in [0.5, 0.6) is 0 Å². The molecule has 1 saturated carbocycles. The van der Waals surface area contributed by atoms with Gasteiger partial charge < -0.3 is 5.32 Å². The summed E-state index contributed by atoms with van der Waals surface area (Å²) in [6, 6.07) is 8.65. The van der Waals surface area contributed by atoms with Crippen LogP contribution in [0.1, 0.15) is 39.5 Å². The van der Waals surface area contributed by atoms with Crippen LogP contribution in [0, 0.1) is 22.6 Å². The van der Waals surface area contributed by atoms with Gasteiger partial charge in [-0.2, -0.15) is 5.26 Å². The number of benzene rings is 1. The Morgan fingerprint density at radius 2 is 1.89 bits per heavy atom. The minimum atomic E-state index is -0.514. The molecule has 0 heterocycles. The van der Waals surface area contributed by atoms with Crippen molar-refractivity contribution in [3.63, 3.8) is 0 Å². The molecule has 2 rings (SSSR count).